The van der Waals surface area contributed by atoms with Crippen LogP contribution in [0, 0.1) is 5.82 Å². The maximum atomic E-state index is 13.1. The molecule has 0 aliphatic carbocycles. The average Bonchev–Trinajstić information content (AvgIpc) is 3.26. The number of hydrogen-bond donors (Lipinski definition) is 2. The lowest BCUT2D eigenvalue weighted by Crippen LogP contribution is -2.39. The summed E-state index contributed by atoms with van der Waals surface area (Å²) in [6.45, 7) is 4.04. The van der Waals surface area contributed by atoms with Crippen LogP contribution in [0.15, 0.2) is 43.0 Å². The number of rotatable bonds is 5. The Morgan fingerprint density at radius 3 is 1.97 bits per heavy atom. The Kier molecular flexibility index (Phi) is 11.5. The van der Waals surface area contributed by atoms with Crippen LogP contribution in [0.25, 0.3) is 0 Å². The highest BCUT2D eigenvalue weighted by Gasteiger charge is 2.38. The number of nitrogens with zero attached hydrogens (tertiary/aromatic N) is 3. The Labute approximate surface area is 194 Å². The average molecular weight is 517 g/mol. The standard InChI is InChI=1S/C16H20FN3O.2C2HF3O2/c17-14-2-1-3-16(12-14)21-15-4-7-19(8-5-15)10-11-20-9-6-18-13-20;2*3-2(4,5)1(6)7/h1-3,6,9,12-13,15H,4-5,7-8,10-11H2;2*(H,6,7). The van der Waals surface area contributed by atoms with E-state index in [1.807, 2.05) is 18.6 Å². The maximum absolute atomic E-state index is 13.1. The number of aromatic nitrogens is 2. The second-order valence-corrected chi connectivity index (χ2v) is 7.02. The quantitative estimate of drug-likeness (QED) is 0.581. The fraction of sp³-hybridized carbons (Fsp3) is 0.450. The largest absolute Gasteiger partial charge is 0.490 e. The number of hydrogen-bond acceptors (Lipinski definition) is 5. The number of carboxylic acids is 2. The van der Waals surface area contributed by atoms with Crippen LogP contribution in [-0.2, 0) is 16.1 Å². The number of benzene rings is 1. The van der Waals surface area contributed by atoms with Crippen molar-refractivity contribution >= 4 is 11.9 Å². The molecule has 1 aliphatic heterocycles. The summed E-state index contributed by atoms with van der Waals surface area (Å²) in [5.41, 5.74) is 0. The monoisotopic (exact) mass is 517 g/mol. The number of carbonyl (C=O) groups is 2. The van der Waals surface area contributed by atoms with Gasteiger partial charge in [-0.25, -0.2) is 19.0 Å². The summed E-state index contributed by atoms with van der Waals surface area (Å²) >= 11 is 0. The fourth-order valence-corrected chi connectivity index (χ4v) is 2.66. The van der Waals surface area contributed by atoms with Gasteiger partial charge in [0.05, 0.1) is 6.33 Å². The minimum atomic E-state index is -5.08. The van der Waals surface area contributed by atoms with Crippen LogP contribution >= 0.6 is 0 Å². The second-order valence-electron chi connectivity index (χ2n) is 7.02. The van der Waals surface area contributed by atoms with E-state index in [0.29, 0.717) is 5.75 Å². The van der Waals surface area contributed by atoms with Gasteiger partial charge in [0, 0.05) is 44.6 Å². The van der Waals surface area contributed by atoms with Crippen molar-refractivity contribution in [2.45, 2.75) is 37.8 Å². The molecule has 1 aromatic carbocycles. The first-order valence-corrected chi connectivity index (χ1v) is 9.89. The van der Waals surface area contributed by atoms with Crippen LogP contribution in [0.2, 0.25) is 0 Å². The lowest BCUT2D eigenvalue weighted by Gasteiger charge is -2.32. The SMILES string of the molecule is Fc1cccc(OC2CCN(CCn3ccnc3)CC2)c1.O=C(O)C(F)(F)F.O=C(O)C(F)(F)F. The van der Waals surface area contributed by atoms with E-state index in [2.05, 4.69) is 14.5 Å². The third-order valence-corrected chi connectivity index (χ3v) is 4.35. The first-order valence-electron chi connectivity index (χ1n) is 9.89. The number of ether oxygens (including phenoxy) is 1. The molecule has 0 saturated carbocycles. The predicted octanol–water partition coefficient (Wildman–Crippen LogP) is 3.83. The predicted molar refractivity (Wildman–Crippen MR) is 106 cm³/mol. The van der Waals surface area contributed by atoms with Crippen molar-refractivity contribution in [2.75, 3.05) is 19.6 Å². The fourth-order valence-electron chi connectivity index (χ4n) is 2.66. The molecule has 196 valence electrons. The van der Waals surface area contributed by atoms with Gasteiger partial charge in [-0.2, -0.15) is 26.3 Å². The van der Waals surface area contributed by atoms with Crippen molar-refractivity contribution in [1.29, 1.82) is 0 Å². The van der Waals surface area contributed by atoms with Crippen molar-refractivity contribution in [3.05, 3.63) is 48.8 Å². The normalized spacial score (nSPS) is 14.7. The summed E-state index contributed by atoms with van der Waals surface area (Å²) in [7, 11) is 0. The lowest BCUT2D eigenvalue weighted by atomic mass is 10.1. The van der Waals surface area contributed by atoms with Gasteiger partial charge in [0.15, 0.2) is 0 Å². The highest BCUT2D eigenvalue weighted by Crippen LogP contribution is 2.20. The minimum Gasteiger partial charge on any atom is -0.490 e. The second kappa shape index (κ2) is 13.5. The molecule has 0 radical (unpaired) electrons. The van der Waals surface area contributed by atoms with Crippen molar-refractivity contribution < 1.29 is 55.3 Å². The molecule has 0 unspecified atom stereocenters. The molecule has 2 aromatic rings. The highest BCUT2D eigenvalue weighted by molar-refractivity contribution is 5.73. The molecule has 3 rings (SSSR count). The zero-order valence-corrected chi connectivity index (χ0v) is 18.0. The molecule has 0 spiro atoms. The summed E-state index contributed by atoms with van der Waals surface area (Å²) in [5.74, 6) is -5.13. The van der Waals surface area contributed by atoms with Crippen LogP contribution in [-0.4, -0.2) is 74.7 Å². The third-order valence-electron chi connectivity index (χ3n) is 4.35. The van der Waals surface area contributed by atoms with E-state index in [1.165, 1.54) is 12.1 Å². The molecule has 2 N–H and O–H groups in total. The van der Waals surface area contributed by atoms with Crippen LogP contribution in [0.3, 0.4) is 0 Å². The summed E-state index contributed by atoms with van der Waals surface area (Å²) in [4.78, 5) is 24.3. The van der Waals surface area contributed by atoms with Gasteiger partial charge >= 0.3 is 24.3 Å². The molecule has 1 aliphatic rings. The first-order chi connectivity index (χ1) is 16.2. The highest BCUT2D eigenvalue weighted by atomic mass is 19.4. The Morgan fingerprint density at radius 2 is 1.54 bits per heavy atom. The Balaban J connectivity index is 0.000000362. The molecule has 1 saturated heterocycles. The third kappa shape index (κ3) is 12.6. The summed E-state index contributed by atoms with van der Waals surface area (Å²) < 4.78 is 84.5. The molecule has 0 bridgehead atoms. The van der Waals surface area contributed by atoms with Crippen molar-refractivity contribution in [1.82, 2.24) is 14.5 Å². The molecule has 2 heterocycles. The number of piperidine rings is 1. The minimum absolute atomic E-state index is 0.191. The van der Waals surface area contributed by atoms with Gasteiger partial charge in [-0.1, -0.05) is 6.07 Å². The van der Waals surface area contributed by atoms with Crippen LogP contribution in [0.4, 0.5) is 30.7 Å². The molecular formula is C20H22F7N3O5. The number of carboxylic acid groups (broad SMARTS) is 2. The van der Waals surface area contributed by atoms with Crippen LogP contribution < -0.4 is 4.74 Å². The molecule has 0 atom stereocenters. The summed E-state index contributed by atoms with van der Waals surface area (Å²) in [6.07, 6.45) is -2.36. The van der Waals surface area contributed by atoms with E-state index in [1.54, 1.807) is 12.3 Å². The Morgan fingerprint density at radius 1 is 1.00 bits per heavy atom. The smallest absolute Gasteiger partial charge is 0.490 e. The molecule has 8 nitrogen and oxygen atoms in total. The Bertz CT molecular complexity index is 889. The summed E-state index contributed by atoms with van der Waals surface area (Å²) in [6, 6.07) is 6.39. The molecule has 0 amide bonds. The zero-order valence-electron chi connectivity index (χ0n) is 18.0. The van der Waals surface area contributed by atoms with Crippen molar-refractivity contribution in [3.63, 3.8) is 0 Å². The number of imidazole rings is 1. The summed E-state index contributed by atoms with van der Waals surface area (Å²) in [5, 5.41) is 14.2. The van der Waals surface area contributed by atoms with E-state index < -0.39 is 24.3 Å². The number of halogens is 7. The molecule has 1 aromatic heterocycles. The topological polar surface area (TPSA) is 105 Å². The number of aliphatic carboxylic acids is 2. The van der Waals surface area contributed by atoms with Crippen molar-refractivity contribution in [2.24, 2.45) is 0 Å². The van der Waals surface area contributed by atoms with Gasteiger partial charge in [0.25, 0.3) is 0 Å². The lowest BCUT2D eigenvalue weighted by molar-refractivity contribution is -0.193. The molecule has 15 heteroatoms. The van der Waals surface area contributed by atoms with Gasteiger partial charge in [0.1, 0.15) is 17.7 Å². The van der Waals surface area contributed by atoms with E-state index >= 15 is 0 Å². The first kappa shape index (κ1) is 29.7. The van der Waals surface area contributed by atoms with Gasteiger partial charge in [-0.05, 0) is 25.0 Å². The van der Waals surface area contributed by atoms with Gasteiger partial charge in [0.2, 0.25) is 0 Å². The Hall–Kier alpha value is -3.36. The van der Waals surface area contributed by atoms with Crippen LogP contribution in [0.1, 0.15) is 12.8 Å². The number of likely N-dealkylation sites (tertiary alicyclic amines) is 1. The van der Waals surface area contributed by atoms with Crippen LogP contribution in [0.5, 0.6) is 5.75 Å². The molecule has 1 fully saturated rings. The maximum Gasteiger partial charge on any atom is 0.490 e. The molecular weight excluding hydrogens is 495 g/mol. The van der Waals surface area contributed by atoms with Gasteiger partial charge < -0.3 is 24.4 Å². The van der Waals surface area contributed by atoms with E-state index in [0.717, 1.165) is 39.0 Å². The number of alkyl halides is 6. The van der Waals surface area contributed by atoms with Gasteiger partial charge in [-0.15, -0.1) is 0 Å². The molecule has 35 heavy (non-hydrogen) atoms. The zero-order chi connectivity index (χ0) is 26.6. The van der Waals surface area contributed by atoms with E-state index in [4.69, 9.17) is 24.5 Å². The van der Waals surface area contributed by atoms with E-state index in [-0.39, 0.29) is 11.9 Å². The van der Waals surface area contributed by atoms with E-state index in [9.17, 15) is 30.7 Å². The van der Waals surface area contributed by atoms with Crippen molar-refractivity contribution in [3.8, 4) is 5.75 Å². The van der Waals surface area contributed by atoms with Gasteiger partial charge in [-0.3, -0.25) is 0 Å².